The zero-order valence-corrected chi connectivity index (χ0v) is 16.1. The maximum absolute atomic E-state index is 12.5. The van der Waals surface area contributed by atoms with Crippen LogP contribution in [0.3, 0.4) is 0 Å². The van der Waals surface area contributed by atoms with Crippen molar-refractivity contribution in [3.05, 3.63) is 45.9 Å². The number of aliphatic imine (C=N–C) groups is 1. The van der Waals surface area contributed by atoms with E-state index in [2.05, 4.69) is 30.7 Å². The van der Waals surface area contributed by atoms with Gasteiger partial charge in [0.05, 0.1) is 12.1 Å². The number of anilines is 1. The van der Waals surface area contributed by atoms with Crippen LogP contribution in [-0.4, -0.2) is 37.7 Å². The van der Waals surface area contributed by atoms with E-state index in [0.29, 0.717) is 36.2 Å². The lowest BCUT2D eigenvalue weighted by molar-refractivity contribution is -0.140. The Bertz CT molecular complexity index is 806. The Balaban J connectivity index is 1.77. The smallest absolute Gasteiger partial charge is 0.434 e. The first-order valence-electron chi connectivity index (χ1n) is 8.22. The molecule has 0 fully saturated rings. The van der Waals surface area contributed by atoms with Gasteiger partial charge in [0, 0.05) is 37.6 Å². The van der Waals surface area contributed by atoms with E-state index in [1.165, 1.54) is 7.11 Å². The summed E-state index contributed by atoms with van der Waals surface area (Å²) in [6, 6.07) is 7.15. The van der Waals surface area contributed by atoms with Crippen molar-refractivity contribution in [2.75, 3.05) is 26.0 Å². The number of nitrogens with zero attached hydrogens (tertiary/aromatic N) is 2. The van der Waals surface area contributed by atoms with Crippen molar-refractivity contribution in [1.29, 1.82) is 0 Å². The fourth-order valence-electron chi connectivity index (χ4n) is 2.12. The molecule has 0 aliphatic heterocycles. The van der Waals surface area contributed by atoms with E-state index in [4.69, 9.17) is 0 Å². The first-order chi connectivity index (χ1) is 13.3. The zero-order valence-electron chi connectivity index (χ0n) is 15.3. The number of halogens is 3. The monoisotopic (exact) mass is 415 g/mol. The molecule has 3 N–H and O–H groups in total. The van der Waals surface area contributed by atoms with Crippen LogP contribution in [0.4, 0.5) is 23.7 Å². The van der Waals surface area contributed by atoms with Crippen molar-refractivity contribution in [1.82, 2.24) is 15.6 Å². The van der Waals surface area contributed by atoms with Gasteiger partial charge in [-0.25, -0.2) is 9.78 Å². The highest BCUT2D eigenvalue weighted by molar-refractivity contribution is 7.09. The van der Waals surface area contributed by atoms with E-state index < -0.39 is 18.0 Å². The molecule has 0 aliphatic rings. The molecule has 1 aromatic carbocycles. The van der Waals surface area contributed by atoms with Crippen LogP contribution in [0.5, 0.6) is 0 Å². The predicted molar refractivity (Wildman–Crippen MR) is 101 cm³/mol. The van der Waals surface area contributed by atoms with Gasteiger partial charge in [-0.2, -0.15) is 13.2 Å². The summed E-state index contributed by atoms with van der Waals surface area (Å²) in [6.45, 7) is 0.875. The van der Waals surface area contributed by atoms with E-state index in [0.717, 1.165) is 22.3 Å². The van der Waals surface area contributed by atoms with Crippen LogP contribution < -0.4 is 16.0 Å². The number of methoxy groups -OCH3 is 1. The zero-order chi connectivity index (χ0) is 20.6. The Morgan fingerprint density at radius 1 is 1.25 bits per heavy atom. The van der Waals surface area contributed by atoms with Gasteiger partial charge in [0.15, 0.2) is 11.7 Å². The summed E-state index contributed by atoms with van der Waals surface area (Å²) in [5, 5.41) is 10.1. The maximum atomic E-state index is 12.5. The summed E-state index contributed by atoms with van der Waals surface area (Å²) in [5.41, 5.74) is 0.702. The normalized spacial score (nSPS) is 11.8. The Kier molecular flexibility index (Phi) is 7.61. The molecule has 1 amide bonds. The lowest BCUT2D eigenvalue weighted by Gasteiger charge is -2.12. The number of carbonyl (C=O) groups excluding carboxylic acids is 1. The minimum Gasteiger partial charge on any atom is -0.453 e. The molecule has 1 aromatic heterocycles. The third-order valence-corrected chi connectivity index (χ3v) is 4.45. The number of thiazole rings is 1. The summed E-state index contributed by atoms with van der Waals surface area (Å²) in [4.78, 5) is 18.8. The third-order valence-electron chi connectivity index (χ3n) is 3.54. The molecule has 7 nitrogen and oxygen atoms in total. The minimum absolute atomic E-state index is 0.356. The number of aromatic nitrogens is 1. The van der Waals surface area contributed by atoms with Crippen molar-refractivity contribution in [2.45, 2.75) is 19.1 Å². The molecule has 11 heteroatoms. The quantitative estimate of drug-likeness (QED) is 0.498. The number of benzene rings is 1. The highest BCUT2D eigenvalue weighted by Crippen LogP contribution is 2.29. The van der Waals surface area contributed by atoms with E-state index in [-0.39, 0.29) is 0 Å². The van der Waals surface area contributed by atoms with E-state index in [9.17, 15) is 18.0 Å². The predicted octanol–water partition coefficient (Wildman–Crippen LogP) is 3.25. The topological polar surface area (TPSA) is 87.6 Å². The van der Waals surface area contributed by atoms with Crippen LogP contribution in [0.2, 0.25) is 0 Å². The summed E-state index contributed by atoms with van der Waals surface area (Å²) < 4.78 is 42.2. The van der Waals surface area contributed by atoms with Gasteiger partial charge in [-0.3, -0.25) is 10.3 Å². The number of guanidine groups is 1. The molecule has 0 saturated carbocycles. The maximum Gasteiger partial charge on any atom is 0.434 e. The molecule has 2 aromatic rings. The van der Waals surface area contributed by atoms with E-state index in [1.54, 1.807) is 19.2 Å². The first-order valence-corrected chi connectivity index (χ1v) is 9.10. The number of ether oxygens (including phenoxy) is 1. The summed E-state index contributed by atoms with van der Waals surface area (Å²) in [6.07, 6.45) is -4.60. The molecule has 0 atom stereocenters. The van der Waals surface area contributed by atoms with Crippen LogP contribution in [-0.2, 0) is 23.9 Å². The largest absolute Gasteiger partial charge is 0.453 e. The van der Waals surface area contributed by atoms with Gasteiger partial charge in [-0.15, -0.1) is 11.3 Å². The lowest BCUT2D eigenvalue weighted by Crippen LogP contribution is -2.37. The summed E-state index contributed by atoms with van der Waals surface area (Å²) >= 11 is 0.983. The van der Waals surface area contributed by atoms with Crippen molar-refractivity contribution < 1.29 is 22.7 Å². The number of hydrogen-bond acceptors (Lipinski definition) is 5. The molecule has 0 aliphatic carbocycles. The van der Waals surface area contributed by atoms with Gasteiger partial charge in [0.2, 0.25) is 0 Å². The highest BCUT2D eigenvalue weighted by atomic mass is 32.1. The number of carbonyl (C=O) groups is 1. The van der Waals surface area contributed by atoms with Crippen LogP contribution >= 0.6 is 11.3 Å². The van der Waals surface area contributed by atoms with E-state index in [1.807, 2.05) is 12.1 Å². The molecule has 28 heavy (non-hydrogen) atoms. The molecule has 0 spiro atoms. The molecule has 0 radical (unpaired) electrons. The van der Waals surface area contributed by atoms with Crippen LogP contribution in [0.1, 0.15) is 16.3 Å². The van der Waals surface area contributed by atoms with Crippen LogP contribution in [0.25, 0.3) is 0 Å². The number of nitrogens with one attached hydrogen (secondary N) is 3. The number of amides is 1. The Hall–Kier alpha value is -2.82. The number of alkyl halides is 3. The van der Waals surface area contributed by atoms with Gasteiger partial charge < -0.3 is 15.4 Å². The fourth-order valence-corrected chi connectivity index (χ4v) is 2.93. The average Bonchev–Trinajstić information content (AvgIpc) is 3.15. The number of rotatable bonds is 6. The average molecular weight is 415 g/mol. The van der Waals surface area contributed by atoms with Gasteiger partial charge in [-0.1, -0.05) is 12.1 Å². The van der Waals surface area contributed by atoms with Crippen molar-refractivity contribution >= 4 is 29.1 Å². The Morgan fingerprint density at radius 2 is 1.96 bits per heavy atom. The van der Waals surface area contributed by atoms with Crippen molar-refractivity contribution in [2.24, 2.45) is 4.99 Å². The molecular weight excluding hydrogens is 395 g/mol. The molecular formula is C17H20F3N5O2S. The van der Waals surface area contributed by atoms with Crippen molar-refractivity contribution in [3.8, 4) is 0 Å². The summed E-state index contributed by atoms with van der Waals surface area (Å²) in [5.74, 6) is 0.518. The Labute approximate surface area is 164 Å². The van der Waals surface area contributed by atoms with E-state index >= 15 is 0 Å². The second-order valence-electron chi connectivity index (χ2n) is 5.54. The molecule has 0 saturated heterocycles. The highest BCUT2D eigenvalue weighted by Gasteiger charge is 2.33. The SMILES string of the molecule is CN=C(NCCc1nc(C(F)(F)F)cs1)NCc1ccc(NC(=O)OC)cc1. The lowest BCUT2D eigenvalue weighted by atomic mass is 10.2. The van der Waals surface area contributed by atoms with Crippen LogP contribution in [0.15, 0.2) is 34.6 Å². The van der Waals surface area contributed by atoms with Gasteiger partial charge in [-0.05, 0) is 17.7 Å². The van der Waals surface area contributed by atoms with Crippen LogP contribution in [0, 0.1) is 0 Å². The summed E-state index contributed by atoms with van der Waals surface area (Å²) in [7, 11) is 2.89. The molecule has 2 rings (SSSR count). The van der Waals surface area contributed by atoms with Gasteiger partial charge >= 0.3 is 12.3 Å². The fraction of sp³-hybridized carbons (Fsp3) is 0.353. The van der Waals surface area contributed by atoms with Crippen molar-refractivity contribution in [3.63, 3.8) is 0 Å². The van der Waals surface area contributed by atoms with Gasteiger partial charge in [0.25, 0.3) is 0 Å². The standard InChI is InChI=1S/C17H20F3N5O2S/c1-21-15(22-8-7-14-25-13(10-28-14)17(18,19)20)23-9-11-3-5-12(6-4-11)24-16(26)27-2/h3-6,10H,7-9H2,1-2H3,(H,24,26)(H2,21,22,23). The second kappa shape index (κ2) is 9.93. The molecule has 152 valence electrons. The third kappa shape index (κ3) is 6.72. The first kappa shape index (κ1) is 21.5. The molecule has 1 heterocycles. The Morgan fingerprint density at radius 3 is 2.54 bits per heavy atom. The number of hydrogen-bond donors (Lipinski definition) is 3. The molecule has 0 bridgehead atoms. The van der Waals surface area contributed by atoms with Gasteiger partial charge in [0.1, 0.15) is 0 Å². The minimum atomic E-state index is -4.41. The molecule has 0 unspecified atom stereocenters. The second-order valence-corrected chi connectivity index (χ2v) is 6.48.